The molecule has 4 aliphatic carbocycles. The Hall–Kier alpha value is 0.473. The van der Waals surface area contributed by atoms with E-state index in [2.05, 4.69) is 7.21 Å². The Labute approximate surface area is 289 Å². The molecule has 0 bridgehead atoms. The molecule has 48 heavy (non-hydrogen) atoms. The topological polar surface area (TPSA) is 43.4 Å². The van der Waals surface area contributed by atoms with Crippen molar-refractivity contribution in [1.29, 1.82) is 0 Å². The maximum absolute atomic E-state index is 15.9. The van der Waals surface area contributed by atoms with E-state index in [0.717, 1.165) is 64.2 Å². The molecule has 0 spiro atoms. The Morgan fingerprint density at radius 3 is 1.19 bits per heavy atom. The van der Waals surface area contributed by atoms with Crippen molar-refractivity contribution < 1.29 is 49.2 Å². The van der Waals surface area contributed by atoms with E-state index in [1.54, 1.807) is 0 Å². The first-order valence-electron chi connectivity index (χ1n) is 18.3. The standard InChI is InChI=1S/C12H12F8O2.2C10H17NO.2Ga/c13-3-1(4(14)8(18)11(21)7(3)17)2-5(15)9(19)12(22)10(20)6(2)16;2*1-7-5-6-8-3-2-4-9(12)10(8)11-7;;/h1-12H;2*7-10H,2-6H2,1H3;;/q3*-2;2*+3. The van der Waals surface area contributed by atoms with Crippen molar-refractivity contribution in [2.45, 2.75) is 176 Å². The van der Waals surface area contributed by atoms with Gasteiger partial charge in [0.1, 0.15) is 0 Å². The number of rotatable bonds is 5. The fourth-order valence-electron chi connectivity index (χ4n) is 11.1. The summed E-state index contributed by atoms with van der Waals surface area (Å²) in [5.74, 6) is -4.47. The molecule has 0 amide bonds. The Balaban J connectivity index is 0.970. The quantitative estimate of drug-likeness (QED) is 0.259. The van der Waals surface area contributed by atoms with E-state index >= 15 is 35.1 Å². The summed E-state index contributed by atoms with van der Waals surface area (Å²) in [6.07, 6.45) is -18.5. The zero-order chi connectivity index (χ0) is 33.8. The summed E-state index contributed by atoms with van der Waals surface area (Å²) < 4.78 is 155. The van der Waals surface area contributed by atoms with Crippen molar-refractivity contribution >= 4 is 34.4 Å². The molecule has 8 aliphatic rings. The average molecular weight is 814 g/mol. The van der Waals surface area contributed by atoms with Crippen LogP contribution in [-0.4, -0.2) is 140 Å². The molecular weight excluding hydrogens is 768 g/mol. The molecule has 0 radical (unpaired) electrons. The van der Waals surface area contributed by atoms with Crippen LogP contribution >= 0.6 is 0 Å². The first kappa shape index (κ1) is 35.5. The van der Waals surface area contributed by atoms with Gasteiger partial charge < -0.3 is 0 Å². The second-order valence-electron chi connectivity index (χ2n) is 16.0. The summed E-state index contributed by atoms with van der Waals surface area (Å²) in [5, 5.41) is 0. The van der Waals surface area contributed by atoms with Crippen LogP contribution in [0.2, 0.25) is 0 Å². The zero-order valence-electron chi connectivity index (χ0n) is 27.3. The Morgan fingerprint density at radius 1 is 0.479 bits per heavy atom. The second kappa shape index (κ2) is 13.7. The molecule has 16 unspecified atom stereocenters. The van der Waals surface area contributed by atoms with Crippen LogP contribution in [0.25, 0.3) is 0 Å². The van der Waals surface area contributed by atoms with Crippen LogP contribution in [0.4, 0.5) is 35.1 Å². The van der Waals surface area contributed by atoms with Gasteiger partial charge in [-0.1, -0.05) is 0 Å². The number of alkyl halides is 8. The van der Waals surface area contributed by atoms with Gasteiger partial charge in [0.05, 0.1) is 0 Å². The van der Waals surface area contributed by atoms with Crippen LogP contribution in [0.15, 0.2) is 0 Å². The van der Waals surface area contributed by atoms with Crippen molar-refractivity contribution in [1.82, 2.24) is 7.21 Å². The van der Waals surface area contributed by atoms with Crippen molar-refractivity contribution in [3.8, 4) is 0 Å². The summed E-state index contributed by atoms with van der Waals surface area (Å²) in [7, 11) is 0. The van der Waals surface area contributed by atoms with Crippen LogP contribution < -0.4 is 0 Å². The number of nitrogens with zero attached hydrogens (tertiary/aromatic N) is 2. The molecule has 8 rings (SSSR count). The van der Waals surface area contributed by atoms with Crippen LogP contribution in [0.3, 0.4) is 0 Å². The van der Waals surface area contributed by atoms with Gasteiger partial charge >= 0.3 is 291 Å². The summed E-state index contributed by atoms with van der Waals surface area (Å²) >= 11 is -7.18. The van der Waals surface area contributed by atoms with Gasteiger partial charge in [0.2, 0.25) is 0 Å². The van der Waals surface area contributed by atoms with E-state index in [-0.39, 0.29) is 36.4 Å². The summed E-state index contributed by atoms with van der Waals surface area (Å²) in [6.45, 7) is 3.96. The third-order valence-electron chi connectivity index (χ3n) is 13.5. The van der Waals surface area contributed by atoms with Crippen LogP contribution in [0.1, 0.15) is 78.1 Å². The summed E-state index contributed by atoms with van der Waals surface area (Å²) in [4.78, 5) is 0. The van der Waals surface area contributed by atoms with Gasteiger partial charge in [-0.3, -0.25) is 0 Å². The van der Waals surface area contributed by atoms with Gasteiger partial charge in [0, 0.05) is 0 Å². The van der Waals surface area contributed by atoms with Crippen molar-refractivity contribution in [2.24, 2.45) is 23.7 Å². The molecule has 4 aliphatic heterocycles. The molecule has 0 aromatic rings. The average Bonchev–Trinajstić information content (AvgIpc) is 3.65. The van der Waals surface area contributed by atoms with Crippen molar-refractivity contribution in [3.63, 3.8) is 0 Å². The second-order valence-corrected chi connectivity index (χ2v) is 23.3. The van der Waals surface area contributed by atoms with Crippen LogP contribution in [0, 0.1) is 23.7 Å². The molecule has 16 atom stereocenters. The van der Waals surface area contributed by atoms with Gasteiger partial charge in [-0.2, -0.15) is 0 Å². The SMILES string of the molecule is CC1CCC2CCCC3[O][Ga]([O]C4C(F)C(F)C(C5C(F)C(F)C([O][Ga]6[O]C7CCCC8CCC(C)[N]6C87)C(F)C5F)C(F)C4F)[N]1C23. The van der Waals surface area contributed by atoms with Crippen molar-refractivity contribution in [3.05, 3.63) is 0 Å². The third kappa shape index (κ3) is 5.64. The molecule has 4 saturated carbocycles. The molecule has 4 heterocycles. The zero-order valence-corrected chi connectivity index (χ0v) is 32.2. The van der Waals surface area contributed by atoms with E-state index in [1.807, 2.05) is 13.8 Å². The summed E-state index contributed by atoms with van der Waals surface area (Å²) in [6, 6.07) is 0.141. The first-order chi connectivity index (χ1) is 23.0. The fraction of sp³-hybridized carbons (Fsp3) is 1.00. The van der Waals surface area contributed by atoms with E-state index in [9.17, 15) is 0 Å². The van der Waals surface area contributed by atoms with Gasteiger partial charge in [-0.05, 0) is 0 Å². The molecule has 270 valence electrons. The molecule has 0 aromatic heterocycles. The maximum atomic E-state index is 15.9. The third-order valence-corrected chi connectivity index (χ3v) is 23.8. The van der Waals surface area contributed by atoms with Gasteiger partial charge in [-0.25, -0.2) is 0 Å². The Kier molecular flexibility index (Phi) is 10.1. The predicted molar refractivity (Wildman–Crippen MR) is 160 cm³/mol. The molecule has 0 N–H and O–H groups in total. The molecule has 6 nitrogen and oxygen atoms in total. The fourth-order valence-corrected chi connectivity index (χ4v) is 22.8. The van der Waals surface area contributed by atoms with Crippen molar-refractivity contribution in [2.75, 3.05) is 0 Å². The Bertz CT molecular complexity index is 1060. The van der Waals surface area contributed by atoms with Gasteiger partial charge in [0.15, 0.2) is 0 Å². The Morgan fingerprint density at radius 2 is 0.833 bits per heavy atom. The number of halogens is 8. The molecule has 0 aromatic carbocycles. The van der Waals surface area contributed by atoms with E-state index in [1.165, 1.54) is 0 Å². The minimum atomic E-state index is -3.59. The predicted octanol–water partition coefficient (Wildman–Crippen LogP) is 5.79. The van der Waals surface area contributed by atoms with E-state index in [0.29, 0.717) is 11.8 Å². The number of hydrogen-bond donors (Lipinski definition) is 0. The molecule has 4 saturated heterocycles. The minimum absolute atomic E-state index is 0.0245. The van der Waals surface area contributed by atoms with E-state index < -0.39 is 108 Å². The monoisotopic (exact) mass is 812 g/mol. The van der Waals surface area contributed by atoms with E-state index in [4.69, 9.17) is 14.1 Å². The van der Waals surface area contributed by atoms with Crippen LogP contribution in [-0.2, 0) is 14.1 Å². The molecule has 16 heteroatoms. The number of piperidine rings is 2. The van der Waals surface area contributed by atoms with Gasteiger partial charge in [-0.15, -0.1) is 0 Å². The molecular formula is C32H46F8Ga2N2O4. The van der Waals surface area contributed by atoms with Gasteiger partial charge in [0.25, 0.3) is 0 Å². The molecule has 8 fully saturated rings. The first-order valence-corrected chi connectivity index (χ1v) is 24.4. The summed E-state index contributed by atoms with van der Waals surface area (Å²) in [5.41, 5.74) is 0. The number of hydrogen-bond acceptors (Lipinski definition) is 6. The van der Waals surface area contributed by atoms with Crippen LogP contribution in [0.5, 0.6) is 0 Å². The normalized spacial score (nSPS) is 55.9.